The van der Waals surface area contributed by atoms with Crippen molar-refractivity contribution in [3.05, 3.63) is 70.6 Å². The van der Waals surface area contributed by atoms with Crippen molar-refractivity contribution < 1.29 is 13.2 Å². The maximum absolute atomic E-state index is 13.3. The van der Waals surface area contributed by atoms with Crippen LogP contribution >= 0.6 is 0 Å². The van der Waals surface area contributed by atoms with Gasteiger partial charge in [-0.2, -0.15) is 0 Å². The van der Waals surface area contributed by atoms with Crippen LogP contribution in [-0.4, -0.2) is 30.2 Å². The minimum atomic E-state index is -4.01. The van der Waals surface area contributed by atoms with E-state index in [0.29, 0.717) is 30.0 Å². The Kier molecular flexibility index (Phi) is 5.68. The fraction of sp³-hybridized carbons (Fsp3) is 0.304. The summed E-state index contributed by atoms with van der Waals surface area (Å²) in [4.78, 5) is 26.9. The standard InChI is InChI=1S/C23H26N4O4S/c1-16(2)22-21(23(29)27(25(22)3)18-8-5-4-6-9-18)24-32(30,31)19-13-11-17(12-14-19)26-15-7-10-20(26)28/h4-6,8-9,11-14,16,24H,7,10,15H2,1-3H3. The van der Waals surface area contributed by atoms with Crippen molar-refractivity contribution in [3.8, 4) is 5.69 Å². The average molecular weight is 455 g/mol. The van der Waals surface area contributed by atoms with Crippen LogP contribution in [-0.2, 0) is 21.9 Å². The van der Waals surface area contributed by atoms with Crippen LogP contribution in [0.3, 0.4) is 0 Å². The Hall–Kier alpha value is -3.33. The summed E-state index contributed by atoms with van der Waals surface area (Å²) in [5.74, 6) is -0.0648. The molecule has 32 heavy (non-hydrogen) atoms. The number of benzene rings is 2. The number of sulfonamides is 1. The SMILES string of the molecule is CC(C)c1c(NS(=O)(=O)c2ccc(N3CCCC3=O)cc2)c(=O)n(-c2ccccc2)n1C. The summed E-state index contributed by atoms with van der Waals surface area (Å²) in [6.07, 6.45) is 1.29. The van der Waals surface area contributed by atoms with Crippen LogP contribution in [0, 0.1) is 0 Å². The van der Waals surface area contributed by atoms with E-state index in [4.69, 9.17) is 0 Å². The molecule has 3 aromatic rings. The molecule has 0 atom stereocenters. The van der Waals surface area contributed by atoms with E-state index in [1.165, 1.54) is 16.8 Å². The van der Waals surface area contributed by atoms with Crippen LogP contribution in [0.2, 0.25) is 0 Å². The number of nitrogens with zero attached hydrogens (tertiary/aromatic N) is 3. The predicted molar refractivity (Wildman–Crippen MR) is 124 cm³/mol. The van der Waals surface area contributed by atoms with E-state index in [2.05, 4.69) is 4.72 Å². The van der Waals surface area contributed by atoms with E-state index in [1.54, 1.807) is 40.9 Å². The predicted octanol–water partition coefficient (Wildman–Crippen LogP) is 3.23. The number of hydrogen-bond acceptors (Lipinski definition) is 4. The highest BCUT2D eigenvalue weighted by molar-refractivity contribution is 7.92. The van der Waals surface area contributed by atoms with Gasteiger partial charge in [-0.1, -0.05) is 32.0 Å². The van der Waals surface area contributed by atoms with Gasteiger partial charge in [-0.05, 0) is 48.7 Å². The van der Waals surface area contributed by atoms with Gasteiger partial charge in [-0.25, -0.2) is 13.1 Å². The lowest BCUT2D eigenvalue weighted by Gasteiger charge is -2.16. The van der Waals surface area contributed by atoms with E-state index >= 15 is 0 Å². The molecule has 1 fully saturated rings. The quantitative estimate of drug-likeness (QED) is 0.619. The first kappa shape index (κ1) is 21.9. The van der Waals surface area contributed by atoms with Gasteiger partial charge in [0.2, 0.25) is 5.91 Å². The largest absolute Gasteiger partial charge is 0.312 e. The molecule has 1 amide bonds. The molecule has 8 nitrogen and oxygen atoms in total. The van der Waals surface area contributed by atoms with E-state index in [-0.39, 0.29) is 22.4 Å². The van der Waals surface area contributed by atoms with Gasteiger partial charge in [0.15, 0.2) is 0 Å². The minimum Gasteiger partial charge on any atom is -0.312 e. The molecule has 1 aliphatic rings. The molecule has 1 aromatic heterocycles. The molecule has 0 radical (unpaired) electrons. The molecule has 9 heteroatoms. The van der Waals surface area contributed by atoms with Crippen molar-refractivity contribution in [1.82, 2.24) is 9.36 Å². The van der Waals surface area contributed by atoms with Crippen LogP contribution < -0.4 is 15.2 Å². The molecule has 0 aliphatic carbocycles. The topological polar surface area (TPSA) is 93.4 Å². The smallest absolute Gasteiger partial charge is 0.296 e. The second-order valence-electron chi connectivity index (χ2n) is 8.14. The Balaban J connectivity index is 1.72. The fourth-order valence-electron chi connectivity index (χ4n) is 4.16. The first-order valence-electron chi connectivity index (χ1n) is 10.5. The number of anilines is 2. The van der Waals surface area contributed by atoms with E-state index in [1.807, 2.05) is 32.0 Å². The molecule has 2 heterocycles. The van der Waals surface area contributed by atoms with Gasteiger partial charge in [0, 0.05) is 25.7 Å². The number of nitrogens with one attached hydrogen (secondary N) is 1. The van der Waals surface area contributed by atoms with Crippen LogP contribution in [0.25, 0.3) is 5.69 Å². The van der Waals surface area contributed by atoms with Crippen molar-refractivity contribution in [2.45, 2.75) is 37.5 Å². The van der Waals surface area contributed by atoms with Gasteiger partial charge < -0.3 is 4.90 Å². The molecular formula is C23H26N4O4S. The molecular weight excluding hydrogens is 428 g/mol. The lowest BCUT2D eigenvalue weighted by Crippen LogP contribution is -2.24. The van der Waals surface area contributed by atoms with E-state index in [0.717, 1.165) is 6.42 Å². The van der Waals surface area contributed by atoms with Crippen LogP contribution in [0.15, 0.2) is 64.3 Å². The van der Waals surface area contributed by atoms with Crippen molar-refractivity contribution >= 4 is 27.3 Å². The second-order valence-corrected chi connectivity index (χ2v) is 9.82. The summed E-state index contributed by atoms with van der Waals surface area (Å²) in [7, 11) is -2.27. The lowest BCUT2D eigenvalue weighted by atomic mass is 10.1. The zero-order valence-corrected chi connectivity index (χ0v) is 19.1. The molecule has 1 aliphatic heterocycles. The number of para-hydroxylation sites is 1. The monoisotopic (exact) mass is 454 g/mol. The number of rotatable bonds is 6. The summed E-state index contributed by atoms with van der Waals surface area (Å²) >= 11 is 0. The summed E-state index contributed by atoms with van der Waals surface area (Å²) in [5, 5.41) is 0. The Morgan fingerprint density at radius 2 is 1.59 bits per heavy atom. The molecule has 168 valence electrons. The van der Waals surface area contributed by atoms with Crippen molar-refractivity contribution in [2.75, 3.05) is 16.2 Å². The van der Waals surface area contributed by atoms with Crippen LogP contribution in [0.4, 0.5) is 11.4 Å². The highest BCUT2D eigenvalue weighted by Gasteiger charge is 2.27. The average Bonchev–Trinajstić information content (AvgIpc) is 3.29. The van der Waals surface area contributed by atoms with E-state index < -0.39 is 15.6 Å². The highest BCUT2D eigenvalue weighted by atomic mass is 32.2. The number of carbonyl (C=O) groups excluding carboxylic acids is 1. The number of hydrogen-bond donors (Lipinski definition) is 1. The molecule has 0 bridgehead atoms. The van der Waals surface area contributed by atoms with Gasteiger partial charge >= 0.3 is 0 Å². The van der Waals surface area contributed by atoms with Crippen molar-refractivity contribution in [2.24, 2.45) is 7.05 Å². The van der Waals surface area contributed by atoms with Gasteiger partial charge in [0.25, 0.3) is 15.6 Å². The first-order chi connectivity index (χ1) is 15.2. The van der Waals surface area contributed by atoms with Crippen LogP contribution in [0.1, 0.15) is 38.3 Å². The van der Waals surface area contributed by atoms with Gasteiger partial charge in [0.05, 0.1) is 16.3 Å². The van der Waals surface area contributed by atoms with Gasteiger partial charge in [0.1, 0.15) is 5.69 Å². The maximum atomic E-state index is 13.3. The number of aromatic nitrogens is 2. The third-order valence-corrected chi connectivity index (χ3v) is 6.99. The number of amides is 1. The molecule has 1 N–H and O–H groups in total. The van der Waals surface area contributed by atoms with Crippen molar-refractivity contribution in [1.29, 1.82) is 0 Å². The summed E-state index contributed by atoms with van der Waals surface area (Å²) in [5.41, 5.74) is 1.49. The first-order valence-corrected chi connectivity index (χ1v) is 12.0. The van der Waals surface area contributed by atoms with Crippen LogP contribution in [0.5, 0.6) is 0 Å². The Bertz CT molecular complexity index is 1310. The Morgan fingerprint density at radius 3 is 2.16 bits per heavy atom. The summed E-state index contributed by atoms with van der Waals surface area (Å²) in [6, 6.07) is 15.2. The normalized spacial score (nSPS) is 14.4. The lowest BCUT2D eigenvalue weighted by molar-refractivity contribution is -0.117. The van der Waals surface area contributed by atoms with Gasteiger partial charge in [-0.3, -0.25) is 19.0 Å². The van der Waals surface area contributed by atoms with Gasteiger partial charge in [-0.15, -0.1) is 0 Å². The zero-order valence-electron chi connectivity index (χ0n) is 18.3. The molecule has 1 saturated heterocycles. The maximum Gasteiger partial charge on any atom is 0.296 e. The second kappa shape index (κ2) is 8.31. The molecule has 4 rings (SSSR count). The molecule has 2 aromatic carbocycles. The molecule has 0 spiro atoms. The highest BCUT2D eigenvalue weighted by Crippen LogP contribution is 2.27. The summed E-state index contributed by atoms with van der Waals surface area (Å²) < 4.78 is 31.9. The molecule has 0 saturated carbocycles. The minimum absolute atomic E-state index is 0.0251. The molecule has 0 unspecified atom stereocenters. The summed E-state index contributed by atoms with van der Waals surface area (Å²) in [6.45, 7) is 4.44. The van der Waals surface area contributed by atoms with E-state index in [9.17, 15) is 18.0 Å². The third kappa shape index (κ3) is 3.84. The fourth-order valence-corrected chi connectivity index (χ4v) is 5.23. The van der Waals surface area contributed by atoms with Crippen molar-refractivity contribution in [3.63, 3.8) is 0 Å². The Labute approximate surface area is 187 Å². The third-order valence-electron chi connectivity index (χ3n) is 5.63. The number of carbonyl (C=O) groups is 1. The Morgan fingerprint density at radius 1 is 0.938 bits per heavy atom. The zero-order chi connectivity index (χ0) is 23.0.